The van der Waals surface area contributed by atoms with Crippen molar-refractivity contribution in [3.05, 3.63) is 12.7 Å². The SMILES string of the molecule is C=CC(O)(C1CC1)C(C)C(=O)OC. The predicted molar refractivity (Wildman–Crippen MR) is 49.1 cm³/mol. The summed E-state index contributed by atoms with van der Waals surface area (Å²) in [6.07, 6.45) is 3.39. The molecular formula is C10H16O3. The van der Waals surface area contributed by atoms with E-state index >= 15 is 0 Å². The summed E-state index contributed by atoms with van der Waals surface area (Å²) in [6, 6.07) is 0. The van der Waals surface area contributed by atoms with Crippen LogP contribution in [0.15, 0.2) is 12.7 Å². The van der Waals surface area contributed by atoms with Crippen molar-refractivity contribution in [2.45, 2.75) is 25.4 Å². The van der Waals surface area contributed by atoms with E-state index in [4.69, 9.17) is 0 Å². The Bertz CT molecular complexity index is 220. The van der Waals surface area contributed by atoms with Crippen molar-refractivity contribution in [2.24, 2.45) is 11.8 Å². The molecule has 0 radical (unpaired) electrons. The van der Waals surface area contributed by atoms with E-state index in [-0.39, 0.29) is 11.9 Å². The maximum Gasteiger partial charge on any atom is 0.311 e. The molecule has 0 spiro atoms. The molecule has 2 atom stereocenters. The normalized spacial score (nSPS) is 23.0. The van der Waals surface area contributed by atoms with E-state index in [0.717, 1.165) is 12.8 Å². The Balaban J connectivity index is 2.74. The van der Waals surface area contributed by atoms with E-state index in [1.165, 1.54) is 13.2 Å². The maximum atomic E-state index is 11.2. The first-order chi connectivity index (χ1) is 6.06. The lowest BCUT2D eigenvalue weighted by Crippen LogP contribution is -2.41. The van der Waals surface area contributed by atoms with Crippen LogP contribution >= 0.6 is 0 Å². The minimum absolute atomic E-state index is 0.180. The van der Waals surface area contributed by atoms with Gasteiger partial charge in [-0.25, -0.2) is 0 Å². The van der Waals surface area contributed by atoms with Gasteiger partial charge in [-0.2, -0.15) is 0 Å². The average molecular weight is 184 g/mol. The molecule has 0 amide bonds. The van der Waals surface area contributed by atoms with Crippen LogP contribution in [0.5, 0.6) is 0 Å². The minimum Gasteiger partial charge on any atom is -0.469 e. The molecule has 0 aromatic heterocycles. The summed E-state index contributed by atoms with van der Waals surface area (Å²) >= 11 is 0. The van der Waals surface area contributed by atoms with E-state index in [2.05, 4.69) is 11.3 Å². The minimum atomic E-state index is -1.08. The Morgan fingerprint density at radius 3 is 2.62 bits per heavy atom. The standard InChI is InChI=1S/C10H16O3/c1-4-10(12,8-5-6-8)7(2)9(11)13-3/h4,7-8,12H,1,5-6H2,2-3H3. The zero-order valence-corrected chi connectivity index (χ0v) is 8.12. The van der Waals surface area contributed by atoms with Crippen molar-refractivity contribution < 1.29 is 14.6 Å². The van der Waals surface area contributed by atoms with Gasteiger partial charge < -0.3 is 9.84 Å². The van der Waals surface area contributed by atoms with Gasteiger partial charge in [-0.3, -0.25) is 4.79 Å². The number of methoxy groups -OCH3 is 1. The first kappa shape index (κ1) is 10.3. The number of carbonyl (C=O) groups excluding carboxylic acids is 1. The molecule has 1 rings (SSSR count). The molecule has 74 valence electrons. The van der Waals surface area contributed by atoms with E-state index in [9.17, 15) is 9.90 Å². The Kier molecular flexibility index (Phi) is 2.76. The van der Waals surface area contributed by atoms with Gasteiger partial charge in [-0.1, -0.05) is 6.08 Å². The van der Waals surface area contributed by atoms with Gasteiger partial charge in [0.2, 0.25) is 0 Å². The Labute approximate surface area is 78.4 Å². The number of rotatable bonds is 4. The molecule has 0 heterocycles. The van der Waals surface area contributed by atoms with Gasteiger partial charge in [-0.05, 0) is 25.7 Å². The third kappa shape index (κ3) is 1.75. The number of ether oxygens (including phenoxy) is 1. The van der Waals surface area contributed by atoms with Crippen LogP contribution in [0, 0.1) is 11.8 Å². The summed E-state index contributed by atoms with van der Waals surface area (Å²) in [5, 5.41) is 10.1. The summed E-state index contributed by atoms with van der Waals surface area (Å²) in [5.74, 6) is -0.726. The lowest BCUT2D eigenvalue weighted by molar-refractivity contribution is -0.152. The van der Waals surface area contributed by atoms with Gasteiger partial charge in [-0.15, -0.1) is 6.58 Å². The van der Waals surface area contributed by atoms with Crippen molar-refractivity contribution in [2.75, 3.05) is 7.11 Å². The van der Waals surface area contributed by atoms with Gasteiger partial charge in [0.25, 0.3) is 0 Å². The van der Waals surface area contributed by atoms with Gasteiger partial charge in [0.15, 0.2) is 0 Å². The highest BCUT2D eigenvalue weighted by molar-refractivity contribution is 5.74. The largest absolute Gasteiger partial charge is 0.469 e. The third-order valence-corrected chi connectivity index (χ3v) is 2.81. The molecule has 0 bridgehead atoms. The summed E-state index contributed by atoms with van der Waals surface area (Å²) in [5.41, 5.74) is -1.08. The monoisotopic (exact) mass is 184 g/mol. The van der Waals surface area contributed by atoms with Crippen molar-refractivity contribution in [3.8, 4) is 0 Å². The molecule has 2 unspecified atom stereocenters. The Morgan fingerprint density at radius 2 is 2.31 bits per heavy atom. The molecule has 0 aromatic carbocycles. The summed E-state index contributed by atoms with van der Waals surface area (Å²) < 4.78 is 4.59. The van der Waals surface area contributed by atoms with E-state index < -0.39 is 11.5 Å². The number of aliphatic hydroxyl groups is 1. The first-order valence-electron chi connectivity index (χ1n) is 4.50. The van der Waals surface area contributed by atoms with Gasteiger partial charge in [0.05, 0.1) is 18.6 Å². The van der Waals surface area contributed by atoms with Crippen LogP contribution in [0.3, 0.4) is 0 Å². The average Bonchev–Trinajstić information content (AvgIpc) is 2.97. The second-order valence-electron chi connectivity index (χ2n) is 3.61. The van der Waals surface area contributed by atoms with Crippen molar-refractivity contribution >= 4 is 5.97 Å². The summed E-state index contributed by atoms with van der Waals surface area (Å²) in [7, 11) is 1.33. The number of hydrogen-bond acceptors (Lipinski definition) is 3. The number of esters is 1. The van der Waals surface area contributed by atoms with Crippen LogP contribution < -0.4 is 0 Å². The molecule has 1 aliphatic carbocycles. The van der Waals surface area contributed by atoms with Crippen LogP contribution in [0.25, 0.3) is 0 Å². The van der Waals surface area contributed by atoms with Gasteiger partial charge in [0.1, 0.15) is 0 Å². The quantitative estimate of drug-likeness (QED) is 0.526. The van der Waals surface area contributed by atoms with Crippen molar-refractivity contribution in [1.29, 1.82) is 0 Å². The second kappa shape index (κ2) is 3.50. The van der Waals surface area contributed by atoms with Crippen LogP contribution in [-0.4, -0.2) is 23.8 Å². The third-order valence-electron chi connectivity index (χ3n) is 2.81. The predicted octanol–water partition coefficient (Wildman–Crippen LogP) is 1.12. The molecule has 1 fully saturated rings. The van der Waals surface area contributed by atoms with Crippen LogP contribution in [-0.2, 0) is 9.53 Å². The summed E-state index contributed by atoms with van der Waals surface area (Å²) in [4.78, 5) is 11.2. The highest BCUT2D eigenvalue weighted by atomic mass is 16.5. The van der Waals surface area contributed by atoms with E-state index in [0.29, 0.717) is 0 Å². The smallest absolute Gasteiger partial charge is 0.311 e. The zero-order chi connectivity index (χ0) is 10.1. The molecule has 3 nitrogen and oxygen atoms in total. The fourth-order valence-corrected chi connectivity index (χ4v) is 1.61. The Hall–Kier alpha value is -0.830. The number of carbonyl (C=O) groups is 1. The molecular weight excluding hydrogens is 168 g/mol. The van der Waals surface area contributed by atoms with Crippen molar-refractivity contribution in [3.63, 3.8) is 0 Å². The highest BCUT2D eigenvalue weighted by Crippen LogP contribution is 2.44. The lowest BCUT2D eigenvalue weighted by atomic mass is 9.84. The molecule has 1 aliphatic rings. The van der Waals surface area contributed by atoms with Crippen LogP contribution in [0.1, 0.15) is 19.8 Å². The number of hydrogen-bond donors (Lipinski definition) is 1. The molecule has 0 aromatic rings. The first-order valence-corrected chi connectivity index (χ1v) is 4.50. The molecule has 0 saturated heterocycles. The molecule has 1 N–H and O–H groups in total. The van der Waals surface area contributed by atoms with Crippen LogP contribution in [0.4, 0.5) is 0 Å². The molecule has 13 heavy (non-hydrogen) atoms. The highest BCUT2D eigenvalue weighted by Gasteiger charge is 2.48. The lowest BCUT2D eigenvalue weighted by Gasteiger charge is -2.29. The maximum absolute atomic E-state index is 11.2. The molecule has 3 heteroatoms. The Morgan fingerprint density at radius 1 is 1.77 bits per heavy atom. The topological polar surface area (TPSA) is 46.5 Å². The van der Waals surface area contributed by atoms with Gasteiger partial charge >= 0.3 is 5.97 Å². The zero-order valence-electron chi connectivity index (χ0n) is 8.12. The molecule has 0 aliphatic heterocycles. The van der Waals surface area contributed by atoms with Gasteiger partial charge in [0, 0.05) is 0 Å². The second-order valence-corrected chi connectivity index (χ2v) is 3.61. The molecule has 1 saturated carbocycles. The fourth-order valence-electron chi connectivity index (χ4n) is 1.61. The fraction of sp³-hybridized carbons (Fsp3) is 0.700. The van der Waals surface area contributed by atoms with Crippen molar-refractivity contribution in [1.82, 2.24) is 0 Å². The van der Waals surface area contributed by atoms with E-state index in [1.54, 1.807) is 6.92 Å². The van der Waals surface area contributed by atoms with Crippen LogP contribution in [0.2, 0.25) is 0 Å². The summed E-state index contributed by atoms with van der Waals surface area (Å²) in [6.45, 7) is 5.25. The van der Waals surface area contributed by atoms with E-state index in [1.807, 2.05) is 0 Å².